The first-order valence-corrected chi connectivity index (χ1v) is 7.82. The van der Waals surface area contributed by atoms with E-state index < -0.39 is 0 Å². The number of hydrogen-bond donors (Lipinski definition) is 1. The van der Waals surface area contributed by atoms with Crippen molar-refractivity contribution in [2.75, 3.05) is 14.1 Å². The molecular formula is C20H22N2O2. The van der Waals surface area contributed by atoms with E-state index in [0.29, 0.717) is 5.56 Å². The van der Waals surface area contributed by atoms with Crippen LogP contribution in [0.15, 0.2) is 60.7 Å². The van der Waals surface area contributed by atoms with Crippen molar-refractivity contribution in [2.45, 2.75) is 13.0 Å². The Bertz CT molecular complexity index is 719. The molecule has 2 aromatic rings. The van der Waals surface area contributed by atoms with Gasteiger partial charge in [0.1, 0.15) is 0 Å². The van der Waals surface area contributed by atoms with Crippen LogP contribution in [-0.2, 0) is 4.79 Å². The summed E-state index contributed by atoms with van der Waals surface area (Å²) >= 11 is 0. The first kappa shape index (κ1) is 17.5. The highest BCUT2D eigenvalue weighted by atomic mass is 16.2. The molecule has 24 heavy (non-hydrogen) atoms. The highest BCUT2D eigenvalue weighted by Gasteiger charge is 2.08. The van der Waals surface area contributed by atoms with Gasteiger partial charge in [-0.25, -0.2) is 0 Å². The van der Waals surface area contributed by atoms with Gasteiger partial charge in [-0.15, -0.1) is 0 Å². The lowest BCUT2D eigenvalue weighted by Gasteiger charge is -2.12. The number of benzene rings is 2. The lowest BCUT2D eigenvalue weighted by atomic mass is 10.1. The summed E-state index contributed by atoms with van der Waals surface area (Å²) in [5.74, 6) is -0.195. The van der Waals surface area contributed by atoms with Crippen LogP contribution in [0.2, 0.25) is 0 Å². The average molecular weight is 322 g/mol. The zero-order chi connectivity index (χ0) is 17.5. The van der Waals surface area contributed by atoms with E-state index in [2.05, 4.69) is 5.32 Å². The SMILES string of the molecule is CC(NC(=O)/C=C/c1ccc(C(=O)N(C)C)cc1)c1ccccc1. The largest absolute Gasteiger partial charge is 0.346 e. The van der Waals surface area contributed by atoms with E-state index in [9.17, 15) is 9.59 Å². The van der Waals surface area contributed by atoms with Crippen molar-refractivity contribution in [1.29, 1.82) is 0 Å². The van der Waals surface area contributed by atoms with Gasteiger partial charge < -0.3 is 10.2 Å². The Balaban J connectivity index is 1.95. The average Bonchev–Trinajstić information content (AvgIpc) is 2.60. The Morgan fingerprint density at radius 3 is 2.21 bits per heavy atom. The Labute approximate surface area is 142 Å². The van der Waals surface area contributed by atoms with Gasteiger partial charge in [0.25, 0.3) is 5.91 Å². The number of nitrogens with zero attached hydrogens (tertiary/aromatic N) is 1. The normalized spacial score (nSPS) is 12.0. The molecule has 1 unspecified atom stereocenters. The van der Waals surface area contributed by atoms with E-state index in [-0.39, 0.29) is 17.9 Å². The first-order chi connectivity index (χ1) is 11.5. The number of amides is 2. The molecule has 2 rings (SSSR count). The van der Waals surface area contributed by atoms with Crippen LogP contribution in [-0.4, -0.2) is 30.8 Å². The Kier molecular flexibility index (Phi) is 5.90. The highest BCUT2D eigenvalue weighted by Crippen LogP contribution is 2.11. The standard InChI is InChI=1S/C20H22N2O2/c1-15(17-7-5-4-6-8-17)21-19(23)14-11-16-9-12-18(13-10-16)20(24)22(2)3/h4-15H,1-3H3,(H,21,23)/b14-11+. The summed E-state index contributed by atoms with van der Waals surface area (Å²) < 4.78 is 0. The zero-order valence-corrected chi connectivity index (χ0v) is 14.2. The van der Waals surface area contributed by atoms with E-state index in [1.165, 1.54) is 11.0 Å². The molecule has 0 bridgehead atoms. The van der Waals surface area contributed by atoms with E-state index >= 15 is 0 Å². The van der Waals surface area contributed by atoms with Gasteiger partial charge in [0.2, 0.25) is 5.91 Å². The minimum Gasteiger partial charge on any atom is -0.346 e. The second kappa shape index (κ2) is 8.11. The zero-order valence-electron chi connectivity index (χ0n) is 14.2. The molecule has 0 saturated carbocycles. The topological polar surface area (TPSA) is 49.4 Å². The molecule has 2 aromatic carbocycles. The molecular weight excluding hydrogens is 300 g/mol. The van der Waals surface area contributed by atoms with Crippen LogP contribution in [0.25, 0.3) is 6.08 Å². The van der Waals surface area contributed by atoms with Crippen molar-refractivity contribution < 1.29 is 9.59 Å². The van der Waals surface area contributed by atoms with Crippen LogP contribution in [0.1, 0.15) is 34.5 Å². The van der Waals surface area contributed by atoms with Gasteiger partial charge in [-0.1, -0.05) is 42.5 Å². The summed E-state index contributed by atoms with van der Waals surface area (Å²) in [6.07, 6.45) is 3.24. The number of rotatable bonds is 5. The molecule has 0 aromatic heterocycles. The quantitative estimate of drug-likeness (QED) is 0.859. The first-order valence-electron chi connectivity index (χ1n) is 7.82. The van der Waals surface area contributed by atoms with E-state index in [1.807, 2.05) is 49.4 Å². The molecule has 0 spiro atoms. The minimum atomic E-state index is -0.153. The van der Waals surface area contributed by atoms with Gasteiger partial charge in [0.15, 0.2) is 0 Å². The van der Waals surface area contributed by atoms with Crippen molar-refractivity contribution in [3.8, 4) is 0 Å². The third kappa shape index (κ3) is 4.81. The molecule has 0 aliphatic rings. The molecule has 4 heteroatoms. The van der Waals surface area contributed by atoms with Gasteiger partial charge >= 0.3 is 0 Å². The third-order valence-corrected chi connectivity index (χ3v) is 3.65. The van der Waals surface area contributed by atoms with Crippen molar-refractivity contribution in [3.05, 3.63) is 77.4 Å². The van der Waals surface area contributed by atoms with Crippen LogP contribution in [0, 0.1) is 0 Å². The van der Waals surface area contributed by atoms with E-state index in [0.717, 1.165) is 11.1 Å². The van der Waals surface area contributed by atoms with Crippen LogP contribution < -0.4 is 5.32 Å². The molecule has 124 valence electrons. The summed E-state index contributed by atoms with van der Waals surface area (Å²) in [7, 11) is 3.43. The fourth-order valence-corrected chi connectivity index (χ4v) is 2.25. The predicted octanol–water partition coefficient (Wildman–Crippen LogP) is 3.28. The van der Waals surface area contributed by atoms with Crippen molar-refractivity contribution in [1.82, 2.24) is 10.2 Å². The molecule has 0 radical (unpaired) electrons. The summed E-state index contributed by atoms with van der Waals surface area (Å²) in [5, 5.41) is 2.92. The molecule has 0 aliphatic heterocycles. The maximum Gasteiger partial charge on any atom is 0.253 e. The van der Waals surface area contributed by atoms with Gasteiger partial charge in [0.05, 0.1) is 6.04 Å². The van der Waals surface area contributed by atoms with Gasteiger partial charge in [-0.3, -0.25) is 9.59 Å². The number of carbonyl (C=O) groups is 2. The van der Waals surface area contributed by atoms with Gasteiger partial charge in [-0.2, -0.15) is 0 Å². The van der Waals surface area contributed by atoms with Gasteiger partial charge in [0, 0.05) is 25.7 Å². The number of hydrogen-bond acceptors (Lipinski definition) is 2. The molecule has 0 heterocycles. The predicted molar refractivity (Wildman–Crippen MR) is 96.5 cm³/mol. The third-order valence-electron chi connectivity index (χ3n) is 3.65. The van der Waals surface area contributed by atoms with E-state index in [1.54, 1.807) is 32.3 Å². The lowest BCUT2D eigenvalue weighted by molar-refractivity contribution is -0.117. The molecule has 0 fully saturated rings. The molecule has 2 amide bonds. The highest BCUT2D eigenvalue weighted by molar-refractivity contribution is 5.94. The molecule has 0 saturated heterocycles. The number of carbonyl (C=O) groups excluding carboxylic acids is 2. The summed E-state index contributed by atoms with van der Waals surface area (Å²) in [6, 6.07) is 16.9. The van der Waals surface area contributed by atoms with Crippen LogP contribution >= 0.6 is 0 Å². The second-order valence-electron chi connectivity index (χ2n) is 5.80. The van der Waals surface area contributed by atoms with Crippen LogP contribution in [0.4, 0.5) is 0 Å². The van der Waals surface area contributed by atoms with Gasteiger partial charge in [-0.05, 0) is 36.3 Å². The Morgan fingerprint density at radius 2 is 1.62 bits per heavy atom. The van der Waals surface area contributed by atoms with Crippen molar-refractivity contribution in [3.63, 3.8) is 0 Å². The smallest absolute Gasteiger partial charge is 0.253 e. The van der Waals surface area contributed by atoms with E-state index in [4.69, 9.17) is 0 Å². The lowest BCUT2D eigenvalue weighted by Crippen LogP contribution is -2.24. The molecule has 0 aliphatic carbocycles. The fraction of sp³-hybridized carbons (Fsp3) is 0.200. The molecule has 4 nitrogen and oxygen atoms in total. The summed E-state index contributed by atoms with van der Waals surface area (Å²) in [4.78, 5) is 25.4. The van der Waals surface area contributed by atoms with Crippen LogP contribution in [0.5, 0.6) is 0 Å². The van der Waals surface area contributed by atoms with Crippen molar-refractivity contribution in [2.24, 2.45) is 0 Å². The Morgan fingerprint density at radius 1 is 1.00 bits per heavy atom. The summed E-state index contributed by atoms with van der Waals surface area (Å²) in [5.41, 5.74) is 2.55. The molecule has 1 atom stereocenters. The second-order valence-corrected chi connectivity index (χ2v) is 5.80. The Hall–Kier alpha value is -2.88. The minimum absolute atomic E-state index is 0.0417. The molecule has 1 N–H and O–H groups in total. The maximum atomic E-state index is 12.0. The monoisotopic (exact) mass is 322 g/mol. The summed E-state index contributed by atoms with van der Waals surface area (Å²) in [6.45, 7) is 1.95. The fourth-order valence-electron chi connectivity index (χ4n) is 2.25. The van der Waals surface area contributed by atoms with Crippen molar-refractivity contribution >= 4 is 17.9 Å². The van der Waals surface area contributed by atoms with Crippen LogP contribution in [0.3, 0.4) is 0 Å². The number of nitrogens with one attached hydrogen (secondary N) is 1. The maximum absolute atomic E-state index is 12.0.